The van der Waals surface area contributed by atoms with Crippen LogP contribution in [0.1, 0.15) is 13.3 Å². The lowest BCUT2D eigenvalue weighted by Crippen LogP contribution is -2.37. The van der Waals surface area contributed by atoms with Gasteiger partial charge in [-0.25, -0.2) is 0 Å². The fourth-order valence-electron chi connectivity index (χ4n) is 2.40. The van der Waals surface area contributed by atoms with Gasteiger partial charge >= 0.3 is 0 Å². The van der Waals surface area contributed by atoms with Gasteiger partial charge in [0.1, 0.15) is 0 Å². The normalized spacial score (nSPS) is 18.8. The number of nitrogens with zero attached hydrogens (tertiary/aromatic N) is 1. The van der Waals surface area contributed by atoms with Gasteiger partial charge in [0.25, 0.3) is 0 Å². The van der Waals surface area contributed by atoms with E-state index in [1.54, 1.807) is 24.3 Å². The molecule has 6 nitrogen and oxygen atoms in total. The molecule has 1 atom stereocenters. The van der Waals surface area contributed by atoms with E-state index in [2.05, 4.69) is 10.6 Å². The van der Waals surface area contributed by atoms with E-state index in [-0.39, 0.29) is 17.9 Å². The molecule has 1 unspecified atom stereocenters. The summed E-state index contributed by atoms with van der Waals surface area (Å²) in [5, 5.41) is 5.69. The van der Waals surface area contributed by atoms with Crippen LogP contribution in [0, 0.1) is 0 Å². The van der Waals surface area contributed by atoms with Gasteiger partial charge in [-0.2, -0.15) is 0 Å². The number of likely N-dealkylation sites (tertiary alicyclic amines) is 1. The summed E-state index contributed by atoms with van der Waals surface area (Å²) < 4.78 is 0. The van der Waals surface area contributed by atoms with Gasteiger partial charge in [-0.15, -0.1) is 0 Å². The number of nitrogens with two attached hydrogens (primary N) is 1. The van der Waals surface area contributed by atoms with E-state index in [1.165, 1.54) is 6.92 Å². The van der Waals surface area contributed by atoms with E-state index < -0.39 is 0 Å². The maximum atomic E-state index is 11.9. The van der Waals surface area contributed by atoms with Gasteiger partial charge in [0.05, 0.1) is 6.54 Å². The van der Waals surface area contributed by atoms with Crippen LogP contribution >= 0.6 is 0 Å². The first-order valence-electron chi connectivity index (χ1n) is 6.68. The fraction of sp³-hybridized carbons (Fsp3) is 0.429. The summed E-state index contributed by atoms with van der Waals surface area (Å²) in [7, 11) is 0. The Morgan fingerprint density at radius 1 is 1.45 bits per heavy atom. The monoisotopic (exact) mass is 276 g/mol. The number of benzene rings is 1. The maximum absolute atomic E-state index is 11.9. The Morgan fingerprint density at radius 2 is 2.25 bits per heavy atom. The van der Waals surface area contributed by atoms with Crippen LogP contribution in [0.4, 0.5) is 11.4 Å². The second kappa shape index (κ2) is 6.38. The molecule has 1 heterocycles. The topological polar surface area (TPSA) is 87.5 Å². The third-order valence-corrected chi connectivity index (χ3v) is 3.22. The van der Waals surface area contributed by atoms with E-state index >= 15 is 0 Å². The molecule has 2 amide bonds. The van der Waals surface area contributed by atoms with Crippen molar-refractivity contribution in [2.45, 2.75) is 19.4 Å². The number of nitrogen functional groups attached to an aromatic ring is 1. The number of nitrogens with one attached hydrogen (secondary N) is 2. The molecule has 6 heteroatoms. The van der Waals surface area contributed by atoms with E-state index in [0.29, 0.717) is 24.5 Å². The van der Waals surface area contributed by atoms with Crippen molar-refractivity contribution in [3.05, 3.63) is 24.3 Å². The summed E-state index contributed by atoms with van der Waals surface area (Å²) in [5.74, 6) is -0.0971. The van der Waals surface area contributed by atoms with Crippen molar-refractivity contribution in [3.63, 3.8) is 0 Å². The van der Waals surface area contributed by atoms with Crippen molar-refractivity contribution < 1.29 is 9.59 Å². The third kappa shape index (κ3) is 4.24. The second-order valence-electron chi connectivity index (χ2n) is 5.09. The lowest BCUT2D eigenvalue weighted by Gasteiger charge is -2.16. The Labute approximate surface area is 118 Å². The number of rotatable bonds is 4. The summed E-state index contributed by atoms with van der Waals surface area (Å²) in [4.78, 5) is 24.9. The lowest BCUT2D eigenvalue weighted by atomic mass is 10.2. The minimum Gasteiger partial charge on any atom is -0.399 e. The first-order valence-corrected chi connectivity index (χ1v) is 6.68. The summed E-state index contributed by atoms with van der Waals surface area (Å²) in [6.45, 7) is 3.36. The highest BCUT2D eigenvalue weighted by Gasteiger charge is 2.24. The minimum atomic E-state index is -0.0703. The SMILES string of the molecule is CC(=O)NC1CCN(CC(=O)Nc2cccc(N)c2)C1. The number of amides is 2. The van der Waals surface area contributed by atoms with Crippen molar-refractivity contribution in [2.24, 2.45) is 0 Å². The molecule has 0 radical (unpaired) electrons. The van der Waals surface area contributed by atoms with Crippen molar-refractivity contribution in [3.8, 4) is 0 Å². The molecule has 0 spiro atoms. The van der Waals surface area contributed by atoms with E-state index in [0.717, 1.165) is 13.0 Å². The molecule has 0 saturated carbocycles. The Balaban J connectivity index is 1.79. The van der Waals surface area contributed by atoms with Crippen LogP contribution < -0.4 is 16.4 Å². The lowest BCUT2D eigenvalue weighted by molar-refractivity contribution is -0.119. The summed E-state index contributed by atoms with van der Waals surface area (Å²) in [6.07, 6.45) is 0.880. The molecule has 0 aliphatic carbocycles. The molecule has 1 aromatic carbocycles. The zero-order valence-corrected chi connectivity index (χ0v) is 11.6. The van der Waals surface area contributed by atoms with Crippen LogP contribution in [0.3, 0.4) is 0 Å². The molecule has 1 saturated heterocycles. The molecular formula is C14H20N4O2. The van der Waals surface area contributed by atoms with Crippen molar-refractivity contribution in [1.29, 1.82) is 0 Å². The molecule has 1 aliphatic heterocycles. The smallest absolute Gasteiger partial charge is 0.238 e. The first kappa shape index (κ1) is 14.3. The van der Waals surface area contributed by atoms with Gasteiger partial charge in [0.2, 0.25) is 11.8 Å². The van der Waals surface area contributed by atoms with E-state index in [4.69, 9.17) is 5.73 Å². The summed E-state index contributed by atoms with van der Waals surface area (Å²) in [6, 6.07) is 7.25. The predicted octanol–water partition coefficient (Wildman–Crippen LogP) is 0.418. The van der Waals surface area contributed by atoms with Crippen LogP contribution in [-0.4, -0.2) is 42.4 Å². The molecule has 0 bridgehead atoms. The molecule has 4 N–H and O–H groups in total. The van der Waals surface area contributed by atoms with Crippen molar-refractivity contribution in [1.82, 2.24) is 10.2 Å². The average molecular weight is 276 g/mol. The fourth-order valence-corrected chi connectivity index (χ4v) is 2.40. The largest absolute Gasteiger partial charge is 0.399 e. The van der Waals surface area contributed by atoms with Gasteiger partial charge in [0.15, 0.2) is 0 Å². The van der Waals surface area contributed by atoms with Crippen molar-refractivity contribution >= 4 is 23.2 Å². The molecule has 1 aliphatic rings. The maximum Gasteiger partial charge on any atom is 0.238 e. The number of carbonyl (C=O) groups is 2. The molecule has 1 aromatic rings. The first-order chi connectivity index (χ1) is 9.52. The number of hydrogen-bond acceptors (Lipinski definition) is 4. The third-order valence-electron chi connectivity index (χ3n) is 3.22. The second-order valence-corrected chi connectivity index (χ2v) is 5.09. The van der Waals surface area contributed by atoms with Gasteiger partial charge in [-0.05, 0) is 24.6 Å². The molecule has 20 heavy (non-hydrogen) atoms. The zero-order valence-electron chi connectivity index (χ0n) is 11.6. The van der Waals surface area contributed by atoms with Crippen LogP contribution in [0.15, 0.2) is 24.3 Å². The van der Waals surface area contributed by atoms with Crippen molar-refractivity contribution in [2.75, 3.05) is 30.7 Å². The zero-order chi connectivity index (χ0) is 14.5. The summed E-state index contributed by atoms with van der Waals surface area (Å²) >= 11 is 0. The van der Waals surface area contributed by atoms with Crippen LogP contribution in [0.2, 0.25) is 0 Å². The minimum absolute atomic E-state index is 0.0268. The number of hydrogen-bond donors (Lipinski definition) is 3. The Bertz CT molecular complexity index is 504. The quantitative estimate of drug-likeness (QED) is 0.695. The van der Waals surface area contributed by atoms with Gasteiger partial charge in [-0.3, -0.25) is 14.5 Å². The Hall–Kier alpha value is -2.08. The standard InChI is InChI=1S/C14H20N4O2/c1-10(19)16-13-5-6-18(8-13)9-14(20)17-12-4-2-3-11(15)7-12/h2-4,7,13H,5-6,8-9,15H2,1H3,(H,16,19)(H,17,20). The predicted molar refractivity (Wildman–Crippen MR) is 78.1 cm³/mol. The van der Waals surface area contributed by atoms with E-state index in [1.807, 2.05) is 4.90 Å². The van der Waals surface area contributed by atoms with Gasteiger partial charge in [-0.1, -0.05) is 6.07 Å². The highest BCUT2D eigenvalue weighted by molar-refractivity contribution is 5.92. The molecule has 0 aromatic heterocycles. The molecule has 2 rings (SSSR count). The Kier molecular flexibility index (Phi) is 4.57. The van der Waals surface area contributed by atoms with Crippen LogP contribution in [0.25, 0.3) is 0 Å². The van der Waals surface area contributed by atoms with Gasteiger partial charge in [0, 0.05) is 37.4 Å². The van der Waals surface area contributed by atoms with Crippen LogP contribution in [-0.2, 0) is 9.59 Å². The average Bonchev–Trinajstić information content (AvgIpc) is 2.75. The molecular weight excluding hydrogens is 256 g/mol. The highest BCUT2D eigenvalue weighted by atomic mass is 16.2. The van der Waals surface area contributed by atoms with Gasteiger partial charge < -0.3 is 16.4 Å². The number of anilines is 2. The highest BCUT2D eigenvalue weighted by Crippen LogP contribution is 2.13. The van der Waals surface area contributed by atoms with Crippen LogP contribution in [0.5, 0.6) is 0 Å². The summed E-state index contributed by atoms with van der Waals surface area (Å²) in [5.41, 5.74) is 6.98. The Morgan fingerprint density at radius 3 is 2.95 bits per heavy atom. The number of carbonyl (C=O) groups excluding carboxylic acids is 2. The molecule has 1 fully saturated rings. The van der Waals surface area contributed by atoms with E-state index in [9.17, 15) is 9.59 Å². The molecule has 108 valence electrons.